The summed E-state index contributed by atoms with van der Waals surface area (Å²) in [5.41, 5.74) is 6.61. The molecule has 14 heteroatoms. The van der Waals surface area contributed by atoms with Gasteiger partial charge in [0.2, 0.25) is 5.78 Å². The summed E-state index contributed by atoms with van der Waals surface area (Å²) >= 11 is 6.09. The largest absolute Gasteiger partial charge is 0.399 e. The van der Waals surface area contributed by atoms with E-state index in [0.717, 1.165) is 10.6 Å². The average Bonchev–Trinajstić information content (AvgIpc) is 2.99. The number of pyridine rings is 1. The molecular weight excluding hydrogens is 622 g/mol. The van der Waals surface area contributed by atoms with Gasteiger partial charge in [0.15, 0.2) is 0 Å². The van der Waals surface area contributed by atoms with Gasteiger partial charge in [-0.1, -0.05) is 49.7 Å². The fourth-order valence-corrected chi connectivity index (χ4v) is 5.90. The highest BCUT2D eigenvalue weighted by Gasteiger charge is 2.26. The first-order chi connectivity index (χ1) is 21.1. The predicted octanol–water partition coefficient (Wildman–Crippen LogP) is 5.41. The zero-order valence-corrected chi connectivity index (χ0v) is 26.3. The highest BCUT2D eigenvalue weighted by molar-refractivity contribution is 7.92. The van der Waals surface area contributed by atoms with E-state index in [9.17, 15) is 28.1 Å². The number of aromatic nitrogens is 1. The van der Waals surface area contributed by atoms with Crippen LogP contribution in [0.1, 0.15) is 51.4 Å². The van der Waals surface area contributed by atoms with Gasteiger partial charge in [0, 0.05) is 42.2 Å². The predicted molar refractivity (Wildman–Crippen MR) is 170 cm³/mol. The van der Waals surface area contributed by atoms with Gasteiger partial charge in [0.1, 0.15) is 5.69 Å². The van der Waals surface area contributed by atoms with Gasteiger partial charge in [-0.05, 0) is 59.4 Å². The molecule has 1 amide bonds. The van der Waals surface area contributed by atoms with Crippen LogP contribution in [-0.4, -0.2) is 49.2 Å². The number of hydrogen-bond acceptors (Lipinski definition) is 9. The van der Waals surface area contributed by atoms with Crippen LogP contribution in [0.15, 0.2) is 83.9 Å². The fraction of sp³-hybridized carbons (Fsp3) is 0.194. The lowest BCUT2D eigenvalue weighted by Gasteiger charge is -2.26. The maximum absolute atomic E-state index is 13.4. The van der Waals surface area contributed by atoms with Crippen molar-refractivity contribution < 1.29 is 27.8 Å². The third-order valence-corrected chi connectivity index (χ3v) is 8.64. The Hall–Kier alpha value is -4.85. The summed E-state index contributed by atoms with van der Waals surface area (Å²) in [5, 5.41) is 12.7. The number of amides is 1. The lowest BCUT2D eigenvalue weighted by Crippen LogP contribution is -2.26. The Balaban J connectivity index is 1.60. The minimum absolute atomic E-state index is 0.0878. The third kappa shape index (κ3) is 7.63. The van der Waals surface area contributed by atoms with Crippen molar-refractivity contribution in [3.05, 3.63) is 122 Å². The smallest absolute Gasteiger partial charge is 0.277 e. The van der Waals surface area contributed by atoms with Crippen molar-refractivity contribution in [1.29, 1.82) is 0 Å². The number of sulfonamides is 1. The monoisotopic (exact) mass is 651 g/mol. The summed E-state index contributed by atoms with van der Waals surface area (Å²) in [6, 6.07) is 17.7. The van der Waals surface area contributed by atoms with Crippen molar-refractivity contribution in [3.8, 4) is 0 Å². The SMILES string of the molecule is CON(C)C(=O)c1cc(CC(C)(C)c2ccc(S(=O)(=O)Nc3cc(Cl)cnc3C(=O)c3cccc(N)c3)cc2)cc([N+](=O)[O-])c1. The van der Waals surface area contributed by atoms with Crippen molar-refractivity contribution in [2.24, 2.45) is 0 Å². The van der Waals surface area contributed by atoms with E-state index in [0.29, 0.717) is 17.7 Å². The van der Waals surface area contributed by atoms with E-state index in [2.05, 4.69) is 9.71 Å². The minimum atomic E-state index is -4.19. The van der Waals surface area contributed by atoms with E-state index in [1.807, 2.05) is 13.8 Å². The maximum Gasteiger partial charge on any atom is 0.277 e. The fourth-order valence-electron chi connectivity index (χ4n) is 4.69. The molecule has 0 spiro atoms. The zero-order chi connectivity index (χ0) is 33.1. The molecule has 45 heavy (non-hydrogen) atoms. The Morgan fingerprint density at radius 2 is 1.76 bits per heavy atom. The highest BCUT2D eigenvalue weighted by atomic mass is 35.5. The minimum Gasteiger partial charge on any atom is -0.399 e. The molecule has 4 rings (SSSR count). The summed E-state index contributed by atoms with van der Waals surface area (Å²) in [7, 11) is -1.48. The van der Waals surface area contributed by atoms with Crippen molar-refractivity contribution in [2.75, 3.05) is 24.6 Å². The Morgan fingerprint density at radius 3 is 2.38 bits per heavy atom. The summed E-state index contributed by atoms with van der Waals surface area (Å²) in [5.74, 6) is -1.09. The van der Waals surface area contributed by atoms with Crippen LogP contribution in [0.3, 0.4) is 0 Å². The number of carbonyl (C=O) groups excluding carboxylic acids is 2. The molecule has 0 unspecified atom stereocenters. The number of anilines is 2. The summed E-state index contributed by atoms with van der Waals surface area (Å²) in [4.78, 5) is 45.7. The van der Waals surface area contributed by atoms with Crippen LogP contribution < -0.4 is 10.5 Å². The van der Waals surface area contributed by atoms with E-state index < -0.39 is 32.1 Å². The number of nitrogens with one attached hydrogen (secondary N) is 1. The first-order valence-corrected chi connectivity index (χ1v) is 15.3. The average molecular weight is 652 g/mol. The molecule has 0 radical (unpaired) electrons. The lowest BCUT2D eigenvalue weighted by molar-refractivity contribution is -0.385. The molecule has 3 aromatic carbocycles. The third-order valence-electron chi connectivity index (χ3n) is 7.05. The molecule has 4 aromatic rings. The second kappa shape index (κ2) is 13.0. The molecule has 0 saturated heterocycles. The molecule has 0 aliphatic heterocycles. The van der Waals surface area contributed by atoms with Gasteiger partial charge in [0.05, 0.1) is 27.6 Å². The number of nitrogens with two attached hydrogens (primary N) is 1. The van der Waals surface area contributed by atoms with E-state index in [4.69, 9.17) is 22.2 Å². The Kier molecular flexibility index (Phi) is 9.56. The summed E-state index contributed by atoms with van der Waals surface area (Å²) < 4.78 is 29.2. The van der Waals surface area contributed by atoms with Gasteiger partial charge < -0.3 is 5.73 Å². The van der Waals surface area contributed by atoms with Gasteiger partial charge in [-0.25, -0.2) is 18.5 Å². The van der Waals surface area contributed by atoms with Crippen molar-refractivity contribution in [2.45, 2.75) is 30.6 Å². The van der Waals surface area contributed by atoms with Crippen LogP contribution in [0.2, 0.25) is 5.02 Å². The molecule has 1 aromatic heterocycles. The normalized spacial score (nSPS) is 11.6. The lowest BCUT2D eigenvalue weighted by atomic mass is 9.79. The van der Waals surface area contributed by atoms with Crippen LogP contribution in [-0.2, 0) is 26.7 Å². The van der Waals surface area contributed by atoms with Crippen LogP contribution in [0.25, 0.3) is 0 Å². The Labute approximate surface area is 264 Å². The molecule has 1 heterocycles. The van der Waals surface area contributed by atoms with Gasteiger partial charge >= 0.3 is 0 Å². The molecule has 3 N–H and O–H groups in total. The number of halogens is 1. The second-order valence-corrected chi connectivity index (χ2v) is 12.9. The molecule has 0 bridgehead atoms. The van der Waals surface area contributed by atoms with E-state index >= 15 is 0 Å². The number of hydroxylamine groups is 2. The number of non-ortho nitro benzene ring substituents is 1. The Morgan fingerprint density at radius 1 is 1.07 bits per heavy atom. The van der Waals surface area contributed by atoms with Crippen LogP contribution >= 0.6 is 11.6 Å². The van der Waals surface area contributed by atoms with E-state index in [1.54, 1.807) is 30.3 Å². The molecule has 0 saturated carbocycles. The van der Waals surface area contributed by atoms with Crippen molar-refractivity contribution in [1.82, 2.24) is 10.0 Å². The maximum atomic E-state index is 13.4. The van der Waals surface area contributed by atoms with Gasteiger partial charge in [0.25, 0.3) is 21.6 Å². The second-order valence-electron chi connectivity index (χ2n) is 10.8. The number of nitrogens with zero attached hydrogens (tertiary/aromatic N) is 3. The quantitative estimate of drug-likeness (QED) is 0.0929. The number of nitro groups is 1. The number of benzene rings is 3. The molecule has 0 atom stereocenters. The summed E-state index contributed by atoms with van der Waals surface area (Å²) in [6.45, 7) is 3.78. The first kappa shape index (κ1) is 33.1. The van der Waals surface area contributed by atoms with Gasteiger partial charge in [-0.2, -0.15) is 0 Å². The number of rotatable bonds is 11. The highest BCUT2D eigenvalue weighted by Crippen LogP contribution is 2.32. The molecule has 0 aliphatic carbocycles. The van der Waals surface area contributed by atoms with Gasteiger partial charge in [-0.3, -0.25) is 29.3 Å². The van der Waals surface area contributed by atoms with Crippen molar-refractivity contribution in [3.63, 3.8) is 0 Å². The van der Waals surface area contributed by atoms with Crippen LogP contribution in [0.4, 0.5) is 17.1 Å². The standard InChI is InChI=1S/C31H30ClN5O7S/c1-31(2,17-19-12-21(30(39)36(3)44-4)15-25(13-19)37(40)41)22-8-10-26(11-9-22)45(42,43)35-27-16-23(32)18-34-28(27)29(38)20-6-5-7-24(33)14-20/h5-16,18,35H,17,33H2,1-4H3. The molecular formula is C31H30ClN5O7S. The number of hydrogen-bond donors (Lipinski definition) is 2. The molecule has 234 valence electrons. The van der Waals surface area contributed by atoms with Gasteiger partial charge in [-0.15, -0.1) is 0 Å². The van der Waals surface area contributed by atoms with Crippen LogP contribution in [0.5, 0.6) is 0 Å². The molecule has 12 nitrogen and oxygen atoms in total. The number of nitrogen functional groups attached to an aromatic ring is 1. The van der Waals surface area contributed by atoms with Crippen molar-refractivity contribution >= 4 is 50.4 Å². The number of nitro benzene ring substituents is 1. The molecule has 0 fully saturated rings. The van der Waals surface area contributed by atoms with E-state index in [-0.39, 0.29) is 38.1 Å². The Bertz CT molecular complexity index is 1900. The molecule has 0 aliphatic rings. The van der Waals surface area contributed by atoms with Crippen LogP contribution in [0, 0.1) is 10.1 Å². The topological polar surface area (TPSA) is 175 Å². The summed E-state index contributed by atoms with van der Waals surface area (Å²) in [6.07, 6.45) is 1.53. The zero-order valence-electron chi connectivity index (χ0n) is 24.8. The first-order valence-electron chi connectivity index (χ1n) is 13.4. The number of ketones is 1. The van der Waals surface area contributed by atoms with E-state index in [1.165, 1.54) is 62.8 Å². The number of carbonyl (C=O) groups is 2.